The molecule has 1 N–H and O–H groups in total. The highest BCUT2D eigenvalue weighted by atomic mass is 32.1. The van der Waals surface area contributed by atoms with E-state index in [1.807, 2.05) is 0 Å². The van der Waals surface area contributed by atoms with E-state index in [1.165, 1.54) is 15.7 Å². The van der Waals surface area contributed by atoms with Gasteiger partial charge in [0.25, 0.3) is 4.96 Å². The van der Waals surface area contributed by atoms with Gasteiger partial charge in [-0.25, -0.2) is 0 Å². The van der Waals surface area contributed by atoms with E-state index in [-0.39, 0.29) is 5.82 Å². The molecule has 19 heavy (non-hydrogen) atoms. The lowest BCUT2D eigenvalue weighted by Gasteiger charge is -2.04. The fourth-order valence-corrected chi connectivity index (χ4v) is 2.40. The molecular weight excluding hydrogens is 268 g/mol. The zero-order valence-electron chi connectivity index (χ0n) is 10.7. The zero-order valence-corrected chi connectivity index (χ0v) is 11.5. The molecule has 0 fully saturated rings. The van der Waals surface area contributed by atoms with Crippen LogP contribution >= 0.6 is 11.3 Å². The lowest BCUT2D eigenvalue weighted by molar-refractivity contribution is -0.389. The predicted molar refractivity (Wildman–Crippen MR) is 73.9 cm³/mol. The molecule has 2 rings (SSSR count). The number of hydrogen-bond donors (Lipinski definition) is 1. The summed E-state index contributed by atoms with van der Waals surface area (Å²) >= 11 is 1.37. The van der Waals surface area contributed by atoms with Crippen molar-refractivity contribution in [2.24, 2.45) is 0 Å². The number of imidazole rings is 1. The molecule has 0 atom stereocenters. The first-order valence-electron chi connectivity index (χ1n) is 6.15. The molecule has 7 nitrogen and oxygen atoms in total. The summed E-state index contributed by atoms with van der Waals surface area (Å²) < 4.78 is 6.83. The summed E-state index contributed by atoms with van der Waals surface area (Å²) in [6.45, 7) is 4.06. The van der Waals surface area contributed by atoms with Crippen LogP contribution in [0.4, 0.5) is 11.6 Å². The van der Waals surface area contributed by atoms with Crippen molar-refractivity contribution in [1.82, 2.24) is 9.38 Å². The van der Waals surface area contributed by atoms with E-state index in [9.17, 15) is 10.1 Å². The Morgan fingerprint density at radius 3 is 3.16 bits per heavy atom. The van der Waals surface area contributed by atoms with Gasteiger partial charge < -0.3 is 20.2 Å². The van der Waals surface area contributed by atoms with E-state index in [0.717, 1.165) is 19.4 Å². The monoisotopic (exact) mass is 284 g/mol. The van der Waals surface area contributed by atoms with Crippen molar-refractivity contribution in [2.75, 3.05) is 25.1 Å². The van der Waals surface area contributed by atoms with E-state index >= 15 is 0 Å². The smallest absolute Gasteiger partial charge is 0.372 e. The maximum Gasteiger partial charge on any atom is 0.372 e. The molecule has 2 aromatic heterocycles. The second-order valence-electron chi connectivity index (χ2n) is 3.99. The molecule has 0 aliphatic rings. The summed E-state index contributed by atoms with van der Waals surface area (Å²) in [7, 11) is 0. The van der Waals surface area contributed by atoms with Crippen molar-refractivity contribution in [3.05, 3.63) is 21.7 Å². The largest absolute Gasteiger partial charge is 0.381 e. The lowest BCUT2D eigenvalue weighted by atomic mass is 10.4. The number of anilines is 1. The van der Waals surface area contributed by atoms with Crippen LogP contribution in [0.5, 0.6) is 0 Å². The molecule has 0 aliphatic heterocycles. The fourth-order valence-electron chi connectivity index (χ4n) is 1.69. The molecule has 0 bridgehead atoms. The van der Waals surface area contributed by atoms with Gasteiger partial charge in [0.1, 0.15) is 6.20 Å². The number of thiazole rings is 1. The average molecular weight is 284 g/mol. The molecule has 0 unspecified atom stereocenters. The second-order valence-corrected chi connectivity index (χ2v) is 4.86. The van der Waals surface area contributed by atoms with Gasteiger partial charge in [0.05, 0.1) is 0 Å². The van der Waals surface area contributed by atoms with Gasteiger partial charge in [0.15, 0.2) is 0 Å². The Hall–Kier alpha value is -1.67. The van der Waals surface area contributed by atoms with E-state index in [1.54, 1.807) is 11.6 Å². The topological polar surface area (TPSA) is 81.7 Å². The maximum atomic E-state index is 11.1. The van der Waals surface area contributed by atoms with E-state index in [0.29, 0.717) is 23.9 Å². The van der Waals surface area contributed by atoms with Crippen LogP contribution in [0.15, 0.2) is 11.6 Å². The summed E-state index contributed by atoms with van der Waals surface area (Å²) in [4.78, 5) is 15.5. The van der Waals surface area contributed by atoms with Crippen LogP contribution in [0.3, 0.4) is 0 Å². The predicted octanol–water partition coefficient (Wildman–Crippen LogP) is 2.53. The van der Waals surface area contributed by atoms with E-state index < -0.39 is 4.92 Å². The highest BCUT2D eigenvalue weighted by Gasteiger charge is 2.22. The third-order valence-corrected chi connectivity index (χ3v) is 3.27. The van der Waals surface area contributed by atoms with Gasteiger partial charge in [-0.2, -0.15) is 9.38 Å². The summed E-state index contributed by atoms with van der Waals surface area (Å²) in [6, 6.07) is 0. The molecular formula is C11H16N4O3S. The number of hydrogen-bond acceptors (Lipinski definition) is 6. The SMILES string of the molecule is CCCOCCCNc1nc2sccn2c1[N+](=O)[O-]. The van der Waals surface area contributed by atoms with E-state index in [4.69, 9.17) is 4.74 Å². The Morgan fingerprint density at radius 2 is 2.42 bits per heavy atom. The Labute approximate surface area is 114 Å². The maximum absolute atomic E-state index is 11.1. The molecule has 0 saturated heterocycles. The minimum absolute atomic E-state index is 0.00859. The van der Waals surface area contributed by atoms with Gasteiger partial charge in [0, 0.05) is 25.1 Å². The van der Waals surface area contributed by atoms with Gasteiger partial charge >= 0.3 is 5.82 Å². The minimum atomic E-state index is -0.414. The summed E-state index contributed by atoms with van der Waals surface area (Å²) in [6.07, 6.45) is 3.44. The molecule has 2 aromatic rings. The molecule has 0 saturated carbocycles. The van der Waals surface area contributed by atoms with Crippen molar-refractivity contribution in [3.63, 3.8) is 0 Å². The standard InChI is InChI=1S/C11H16N4O3S/c1-2-6-18-7-3-4-12-9-10(15(16)17)14-5-8-19-11(14)13-9/h5,8,12H,2-4,6-7H2,1H3. The Kier molecular flexibility index (Phi) is 4.69. The third kappa shape index (κ3) is 3.21. The van der Waals surface area contributed by atoms with Gasteiger partial charge in [-0.1, -0.05) is 18.3 Å². The minimum Gasteiger partial charge on any atom is -0.381 e. The molecule has 0 radical (unpaired) electrons. The first-order chi connectivity index (χ1) is 9.24. The van der Waals surface area contributed by atoms with E-state index in [2.05, 4.69) is 17.2 Å². The first-order valence-corrected chi connectivity index (χ1v) is 7.03. The first kappa shape index (κ1) is 13.8. The Balaban J connectivity index is 1.94. The van der Waals surface area contributed by atoms with Crippen LogP contribution in [-0.2, 0) is 4.74 Å². The van der Waals surface area contributed by atoms with Crippen molar-refractivity contribution >= 4 is 27.9 Å². The van der Waals surface area contributed by atoms with Crippen LogP contribution in [0.25, 0.3) is 4.96 Å². The number of nitrogens with one attached hydrogen (secondary N) is 1. The normalized spacial score (nSPS) is 11.0. The third-order valence-electron chi connectivity index (χ3n) is 2.52. The molecule has 0 amide bonds. The van der Waals surface area contributed by atoms with Gasteiger partial charge in [-0.15, -0.1) is 0 Å². The number of ether oxygens (including phenoxy) is 1. The van der Waals surface area contributed by atoms with Crippen LogP contribution < -0.4 is 5.32 Å². The Morgan fingerprint density at radius 1 is 1.58 bits per heavy atom. The molecule has 8 heteroatoms. The lowest BCUT2D eigenvalue weighted by Crippen LogP contribution is -2.08. The fraction of sp³-hybridized carbons (Fsp3) is 0.545. The second kappa shape index (κ2) is 6.48. The molecule has 0 aromatic carbocycles. The van der Waals surface area contributed by atoms with Gasteiger partial charge in [0.2, 0.25) is 5.82 Å². The summed E-state index contributed by atoms with van der Waals surface area (Å²) in [5, 5.41) is 15.8. The summed E-state index contributed by atoms with van der Waals surface area (Å²) in [5.41, 5.74) is 0. The zero-order chi connectivity index (χ0) is 13.7. The van der Waals surface area contributed by atoms with Crippen molar-refractivity contribution < 1.29 is 9.66 Å². The molecule has 0 aliphatic carbocycles. The number of nitro groups is 1. The van der Waals surface area contributed by atoms with Crippen LogP contribution in [0.2, 0.25) is 0 Å². The van der Waals surface area contributed by atoms with Gasteiger partial charge in [-0.3, -0.25) is 0 Å². The van der Waals surface area contributed by atoms with Crippen molar-refractivity contribution in [3.8, 4) is 0 Å². The van der Waals surface area contributed by atoms with Crippen LogP contribution in [-0.4, -0.2) is 34.1 Å². The number of rotatable bonds is 8. The molecule has 0 spiro atoms. The number of fused-ring (bicyclic) bond motifs is 1. The molecule has 2 heterocycles. The highest BCUT2D eigenvalue weighted by Crippen LogP contribution is 2.27. The van der Waals surface area contributed by atoms with Crippen molar-refractivity contribution in [2.45, 2.75) is 19.8 Å². The number of aromatic nitrogens is 2. The van der Waals surface area contributed by atoms with Crippen molar-refractivity contribution in [1.29, 1.82) is 0 Å². The quantitative estimate of drug-likeness (QED) is 0.457. The summed E-state index contributed by atoms with van der Waals surface area (Å²) in [5.74, 6) is 0.318. The molecule has 104 valence electrons. The van der Waals surface area contributed by atoms with Crippen LogP contribution in [0.1, 0.15) is 19.8 Å². The highest BCUT2D eigenvalue weighted by molar-refractivity contribution is 7.15. The Bertz CT molecular complexity index is 551. The average Bonchev–Trinajstić information content (AvgIpc) is 2.92. The number of nitrogens with zero attached hydrogens (tertiary/aromatic N) is 3. The van der Waals surface area contributed by atoms with Crippen LogP contribution in [0, 0.1) is 10.1 Å². The van der Waals surface area contributed by atoms with Gasteiger partial charge in [-0.05, 0) is 17.8 Å².